The summed E-state index contributed by atoms with van der Waals surface area (Å²) >= 11 is 3.24. The Hall–Kier alpha value is -1.38. The molecular weight excluding hydrogens is 332 g/mol. The van der Waals surface area contributed by atoms with E-state index < -0.39 is 0 Å². The van der Waals surface area contributed by atoms with Gasteiger partial charge >= 0.3 is 0 Å². The first-order valence-corrected chi connectivity index (χ1v) is 9.32. The Morgan fingerprint density at radius 2 is 2.43 bits per heavy atom. The van der Waals surface area contributed by atoms with E-state index in [4.69, 9.17) is 4.74 Å². The van der Waals surface area contributed by atoms with Crippen LogP contribution in [0.5, 0.6) is 0 Å². The van der Waals surface area contributed by atoms with Crippen LogP contribution in [0.4, 0.5) is 0 Å². The molecule has 1 unspecified atom stereocenters. The average Bonchev–Trinajstić information content (AvgIpc) is 3.20. The Bertz CT molecular complexity index is 670. The van der Waals surface area contributed by atoms with Crippen molar-refractivity contribution in [2.45, 2.75) is 36.8 Å². The lowest BCUT2D eigenvalue weighted by Crippen LogP contribution is -2.39. The smallest absolute Gasteiger partial charge is 0.236 e. The number of nitrogens with zero attached hydrogens (tertiary/aromatic N) is 4. The van der Waals surface area contributed by atoms with E-state index in [0.29, 0.717) is 13.2 Å². The number of thioether (sulfide) groups is 1. The molecule has 124 valence electrons. The lowest BCUT2D eigenvalue weighted by atomic mass is 10.1. The number of hydrogen-bond donors (Lipinski definition) is 0. The lowest BCUT2D eigenvalue weighted by molar-refractivity contribution is -0.131. The van der Waals surface area contributed by atoms with Crippen molar-refractivity contribution in [3.8, 4) is 0 Å². The van der Waals surface area contributed by atoms with Crippen LogP contribution in [0.3, 0.4) is 0 Å². The standard InChI is InChI=1S/C15H20N4O2S2/c1-11(23-15-17-16-10-19(15)6-7-21-2)14(20)18-5-3-13-12(9-18)4-8-22-13/h4,8,10-11H,3,5-7,9H2,1-2H3. The minimum Gasteiger partial charge on any atom is -0.383 e. The molecule has 0 aromatic carbocycles. The van der Waals surface area contributed by atoms with Crippen molar-refractivity contribution in [3.63, 3.8) is 0 Å². The first-order valence-electron chi connectivity index (χ1n) is 7.56. The van der Waals surface area contributed by atoms with Gasteiger partial charge in [-0.05, 0) is 30.4 Å². The number of methoxy groups -OCH3 is 1. The molecular formula is C15H20N4O2S2. The molecule has 2 aromatic heterocycles. The first kappa shape index (κ1) is 16.5. The number of hydrogen-bond acceptors (Lipinski definition) is 6. The zero-order chi connectivity index (χ0) is 16.2. The Morgan fingerprint density at radius 3 is 3.26 bits per heavy atom. The number of carbonyl (C=O) groups excluding carboxylic acids is 1. The summed E-state index contributed by atoms with van der Waals surface area (Å²) in [5.74, 6) is 0.160. The molecule has 23 heavy (non-hydrogen) atoms. The fourth-order valence-corrected chi connectivity index (χ4v) is 4.40. The fraction of sp³-hybridized carbons (Fsp3) is 0.533. The summed E-state index contributed by atoms with van der Waals surface area (Å²) in [7, 11) is 1.67. The SMILES string of the molecule is COCCn1cnnc1SC(C)C(=O)N1CCc2sccc2C1. The van der Waals surface area contributed by atoms with Crippen LogP contribution in [0.2, 0.25) is 0 Å². The topological polar surface area (TPSA) is 60.2 Å². The highest BCUT2D eigenvalue weighted by Gasteiger charge is 2.26. The normalized spacial score (nSPS) is 15.5. The van der Waals surface area contributed by atoms with Crippen molar-refractivity contribution in [3.05, 3.63) is 28.2 Å². The van der Waals surface area contributed by atoms with Gasteiger partial charge in [0.25, 0.3) is 0 Å². The van der Waals surface area contributed by atoms with Gasteiger partial charge in [-0.3, -0.25) is 4.79 Å². The third kappa shape index (κ3) is 3.76. The summed E-state index contributed by atoms with van der Waals surface area (Å²) in [6, 6.07) is 2.12. The van der Waals surface area contributed by atoms with E-state index in [9.17, 15) is 4.79 Å². The van der Waals surface area contributed by atoms with E-state index in [1.54, 1.807) is 24.8 Å². The molecule has 8 heteroatoms. The maximum Gasteiger partial charge on any atom is 0.236 e. The number of amides is 1. The van der Waals surface area contributed by atoms with E-state index in [-0.39, 0.29) is 11.2 Å². The molecule has 1 aliphatic heterocycles. The van der Waals surface area contributed by atoms with Crippen LogP contribution >= 0.6 is 23.1 Å². The van der Waals surface area contributed by atoms with Gasteiger partial charge in [-0.25, -0.2) is 0 Å². The molecule has 1 atom stereocenters. The quantitative estimate of drug-likeness (QED) is 0.745. The second-order valence-corrected chi connectivity index (χ2v) is 7.75. The molecule has 1 aliphatic rings. The largest absolute Gasteiger partial charge is 0.383 e. The summed E-state index contributed by atoms with van der Waals surface area (Å²) in [5.41, 5.74) is 1.29. The molecule has 0 fully saturated rings. The summed E-state index contributed by atoms with van der Waals surface area (Å²) < 4.78 is 7.01. The molecule has 0 saturated heterocycles. The molecule has 0 N–H and O–H groups in total. The van der Waals surface area contributed by atoms with Crippen LogP contribution in [0.25, 0.3) is 0 Å². The summed E-state index contributed by atoms with van der Waals surface area (Å²) in [6.45, 7) is 4.74. The van der Waals surface area contributed by atoms with Gasteiger partial charge in [0.05, 0.1) is 11.9 Å². The molecule has 0 radical (unpaired) electrons. The van der Waals surface area contributed by atoms with Crippen molar-refractivity contribution < 1.29 is 9.53 Å². The molecule has 3 heterocycles. The van der Waals surface area contributed by atoms with Gasteiger partial charge in [0.1, 0.15) is 6.33 Å². The Labute approximate surface area is 143 Å². The summed E-state index contributed by atoms with van der Waals surface area (Å²) in [4.78, 5) is 16.1. The predicted octanol–water partition coefficient (Wildman–Crippen LogP) is 2.05. The van der Waals surface area contributed by atoms with Gasteiger partial charge in [0, 0.05) is 31.6 Å². The molecule has 0 aliphatic carbocycles. The highest BCUT2D eigenvalue weighted by Crippen LogP contribution is 2.27. The molecule has 0 spiro atoms. The number of rotatable bonds is 6. The van der Waals surface area contributed by atoms with Crippen LogP contribution < -0.4 is 0 Å². The zero-order valence-electron chi connectivity index (χ0n) is 13.3. The Balaban J connectivity index is 1.61. The monoisotopic (exact) mass is 352 g/mol. The average molecular weight is 352 g/mol. The maximum absolute atomic E-state index is 12.7. The molecule has 0 bridgehead atoms. The molecule has 3 rings (SSSR count). The van der Waals surface area contributed by atoms with Crippen molar-refractivity contribution in [1.82, 2.24) is 19.7 Å². The zero-order valence-corrected chi connectivity index (χ0v) is 14.9. The maximum atomic E-state index is 12.7. The van der Waals surface area contributed by atoms with Gasteiger partial charge in [-0.15, -0.1) is 21.5 Å². The van der Waals surface area contributed by atoms with Crippen LogP contribution in [0.15, 0.2) is 22.9 Å². The van der Waals surface area contributed by atoms with Gasteiger partial charge in [0.2, 0.25) is 5.91 Å². The van der Waals surface area contributed by atoms with Gasteiger partial charge in [-0.2, -0.15) is 0 Å². The van der Waals surface area contributed by atoms with Gasteiger partial charge in [-0.1, -0.05) is 11.8 Å². The highest BCUT2D eigenvalue weighted by molar-refractivity contribution is 8.00. The minimum atomic E-state index is -0.180. The lowest BCUT2D eigenvalue weighted by Gasteiger charge is -2.29. The number of aromatic nitrogens is 3. The van der Waals surface area contributed by atoms with Crippen molar-refractivity contribution >= 4 is 29.0 Å². The van der Waals surface area contributed by atoms with Crippen LogP contribution in [-0.2, 0) is 29.0 Å². The second-order valence-electron chi connectivity index (χ2n) is 5.44. The minimum absolute atomic E-state index is 0.160. The van der Waals surface area contributed by atoms with Crippen LogP contribution in [0.1, 0.15) is 17.4 Å². The Kier molecular flexibility index (Phi) is 5.34. The Morgan fingerprint density at radius 1 is 1.57 bits per heavy atom. The number of carbonyl (C=O) groups is 1. The first-order chi connectivity index (χ1) is 11.2. The predicted molar refractivity (Wildman–Crippen MR) is 90.7 cm³/mol. The van der Waals surface area contributed by atoms with Crippen molar-refractivity contribution in [1.29, 1.82) is 0 Å². The molecule has 2 aromatic rings. The van der Waals surface area contributed by atoms with E-state index in [0.717, 1.165) is 24.7 Å². The molecule has 0 saturated carbocycles. The third-order valence-corrected chi connectivity index (χ3v) is 5.97. The van der Waals surface area contributed by atoms with Gasteiger partial charge in [0.15, 0.2) is 5.16 Å². The number of fused-ring (bicyclic) bond motifs is 1. The third-order valence-electron chi connectivity index (χ3n) is 3.87. The van der Waals surface area contributed by atoms with E-state index in [2.05, 4.69) is 21.6 Å². The molecule has 6 nitrogen and oxygen atoms in total. The number of ether oxygens (including phenoxy) is 1. The fourth-order valence-electron chi connectivity index (χ4n) is 2.58. The van der Waals surface area contributed by atoms with Crippen molar-refractivity contribution in [2.75, 3.05) is 20.3 Å². The number of thiophene rings is 1. The second kappa shape index (κ2) is 7.46. The van der Waals surface area contributed by atoms with Gasteiger partial charge < -0.3 is 14.2 Å². The van der Waals surface area contributed by atoms with E-state index in [1.165, 1.54) is 22.2 Å². The van der Waals surface area contributed by atoms with Crippen LogP contribution in [-0.4, -0.2) is 51.1 Å². The van der Waals surface area contributed by atoms with Crippen molar-refractivity contribution in [2.24, 2.45) is 0 Å². The summed E-state index contributed by atoms with van der Waals surface area (Å²) in [5, 5.41) is 10.7. The molecule has 1 amide bonds. The summed E-state index contributed by atoms with van der Waals surface area (Å²) in [6.07, 6.45) is 2.64. The highest BCUT2D eigenvalue weighted by atomic mass is 32.2. The van der Waals surface area contributed by atoms with E-state index in [1.807, 2.05) is 16.4 Å². The van der Waals surface area contributed by atoms with Crippen LogP contribution in [0, 0.1) is 0 Å². The van der Waals surface area contributed by atoms with E-state index >= 15 is 0 Å².